The van der Waals surface area contributed by atoms with Gasteiger partial charge in [-0.15, -0.1) is 0 Å². The van der Waals surface area contributed by atoms with Gasteiger partial charge >= 0.3 is 0 Å². The molecule has 0 unspecified atom stereocenters. The van der Waals surface area contributed by atoms with Crippen molar-refractivity contribution in [2.75, 3.05) is 0 Å². The Labute approximate surface area is 118 Å². The summed E-state index contributed by atoms with van der Waals surface area (Å²) in [6, 6.07) is 11.8. The van der Waals surface area contributed by atoms with E-state index in [1.165, 1.54) is 0 Å². The summed E-state index contributed by atoms with van der Waals surface area (Å²) in [5.74, 6) is 0.575. The van der Waals surface area contributed by atoms with E-state index >= 15 is 0 Å². The monoisotopic (exact) mass is 273 g/mol. The number of aryl methyl sites for hydroxylation is 1. The van der Waals surface area contributed by atoms with Gasteiger partial charge in [-0.1, -0.05) is 55.8 Å². The van der Waals surface area contributed by atoms with Gasteiger partial charge in [0.25, 0.3) is 0 Å². The van der Waals surface area contributed by atoms with Crippen LogP contribution in [0.2, 0.25) is 5.15 Å². The Bertz CT molecular complexity index is 594. The first-order valence-corrected chi connectivity index (χ1v) is 6.73. The van der Waals surface area contributed by atoms with Crippen LogP contribution in [0.1, 0.15) is 25.8 Å². The fraction of sp³-hybridized carbons (Fsp3) is 0.333. The quantitative estimate of drug-likeness (QED) is 0.841. The highest BCUT2D eigenvalue weighted by Gasteiger charge is 2.17. The number of aromatic nitrogens is 2. The summed E-state index contributed by atoms with van der Waals surface area (Å²) in [7, 11) is 0. The normalized spacial score (nSPS) is 10.7. The first kappa shape index (κ1) is 13.6. The van der Waals surface area contributed by atoms with Crippen LogP contribution in [0, 0.1) is 17.2 Å². The van der Waals surface area contributed by atoms with Crippen molar-refractivity contribution in [1.29, 1.82) is 5.26 Å². The second-order valence-corrected chi connectivity index (χ2v) is 5.26. The van der Waals surface area contributed by atoms with Crippen LogP contribution in [-0.2, 0) is 6.54 Å². The van der Waals surface area contributed by atoms with Crippen molar-refractivity contribution in [2.24, 2.45) is 5.92 Å². The lowest BCUT2D eigenvalue weighted by Gasteiger charge is -2.05. The maximum atomic E-state index is 9.26. The smallest absolute Gasteiger partial charge is 0.145 e. The van der Waals surface area contributed by atoms with Crippen molar-refractivity contribution < 1.29 is 0 Å². The molecule has 0 amide bonds. The highest BCUT2D eigenvalue weighted by molar-refractivity contribution is 6.31. The molecule has 0 saturated carbocycles. The first-order valence-electron chi connectivity index (χ1n) is 6.35. The molecule has 0 spiro atoms. The summed E-state index contributed by atoms with van der Waals surface area (Å²) in [5, 5.41) is 14.2. The van der Waals surface area contributed by atoms with Crippen LogP contribution in [0.25, 0.3) is 11.3 Å². The van der Waals surface area contributed by atoms with Crippen LogP contribution in [-0.4, -0.2) is 9.78 Å². The van der Waals surface area contributed by atoms with Crippen molar-refractivity contribution in [3.63, 3.8) is 0 Å². The molecule has 1 aromatic carbocycles. The molecule has 0 aliphatic heterocycles. The van der Waals surface area contributed by atoms with Gasteiger partial charge in [0, 0.05) is 12.1 Å². The highest BCUT2D eigenvalue weighted by Crippen LogP contribution is 2.28. The number of rotatable bonds is 4. The average Bonchev–Trinajstić information content (AvgIpc) is 2.74. The molecule has 2 rings (SSSR count). The summed E-state index contributed by atoms with van der Waals surface area (Å²) >= 11 is 6.24. The van der Waals surface area contributed by atoms with Crippen LogP contribution in [0.4, 0.5) is 0 Å². The lowest BCUT2D eigenvalue weighted by molar-refractivity contribution is 0.488. The summed E-state index contributed by atoms with van der Waals surface area (Å²) in [4.78, 5) is 0. The topological polar surface area (TPSA) is 41.6 Å². The minimum Gasteiger partial charge on any atom is -0.252 e. The average molecular weight is 274 g/mol. The molecule has 0 saturated heterocycles. The van der Waals surface area contributed by atoms with Crippen LogP contribution in [0.15, 0.2) is 30.3 Å². The molecule has 0 bridgehead atoms. The zero-order chi connectivity index (χ0) is 13.8. The van der Waals surface area contributed by atoms with Gasteiger partial charge in [-0.05, 0) is 12.3 Å². The molecule has 0 aliphatic carbocycles. The van der Waals surface area contributed by atoms with Crippen molar-refractivity contribution in [1.82, 2.24) is 9.78 Å². The second-order valence-electron chi connectivity index (χ2n) is 4.90. The van der Waals surface area contributed by atoms with Crippen molar-refractivity contribution in [2.45, 2.75) is 26.8 Å². The Morgan fingerprint density at radius 1 is 1.32 bits per heavy atom. The maximum Gasteiger partial charge on any atom is 0.145 e. The molecule has 4 heteroatoms. The van der Waals surface area contributed by atoms with Gasteiger partial charge in [0.1, 0.15) is 22.5 Å². The number of benzene rings is 1. The second kappa shape index (κ2) is 5.90. The molecule has 1 aromatic heterocycles. The Hall–Kier alpha value is -1.79. The van der Waals surface area contributed by atoms with Crippen LogP contribution in [0.3, 0.4) is 0 Å². The van der Waals surface area contributed by atoms with Gasteiger partial charge in [-0.2, -0.15) is 10.4 Å². The van der Waals surface area contributed by atoms with E-state index in [0.29, 0.717) is 22.3 Å². The Morgan fingerprint density at radius 2 is 2.00 bits per heavy atom. The van der Waals surface area contributed by atoms with Gasteiger partial charge in [-0.3, -0.25) is 4.68 Å². The first-order chi connectivity index (χ1) is 9.13. The van der Waals surface area contributed by atoms with E-state index in [2.05, 4.69) is 25.0 Å². The predicted molar refractivity (Wildman–Crippen MR) is 76.8 cm³/mol. The van der Waals surface area contributed by atoms with E-state index in [1.54, 1.807) is 4.68 Å². The molecule has 0 fully saturated rings. The Balaban J connectivity index is 2.40. The van der Waals surface area contributed by atoms with Gasteiger partial charge in [0.2, 0.25) is 0 Å². The molecule has 98 valence electrons. The van der Waals surface area contributed by atoms with Crippen molar-refractivity contribution in [3.05, 3.63) is 41.0 Å². The lowest BCUT2D eigenvalue weighted by Crippen LogP contribution is -2.03. The third kappa shape index (κ3) is 2.97. The molecular weight excluding hydrogens is 258 g/mol. The maximum absolute atomic E-state index is 9.26. The fourth-order valence-corrected chi connectivity index (χ4v) is 2.12. The molecule has 0 radical (unpaired) electrons. The van der Waals surface area contributed by atoms with E-state index < -0.39 is 0 Å². The number of nitriles is 1. The molecule has 0 atom stereocenters. The van der Waals surface area contributed by atoms with E-state index in [4.69, 9.17) is 11.6 Å². The minimum atomic E-state index is 0.432. The van der Waals surface area contributed by atoms with Gasteiger partial charge < -0.3 is 0 Å². The zero-order valence-electron chi connectivity index (χ0n) is 11.1. The van der Waals surface area contributed by atoms with Gasteiger partial charge in [0.15, 0.2) is 0 Å². The van der Waals surface area contributed by atoms with E-state index in [1.807, 2.05) is 30.3 Å². The van der Waals surface area contributed by atoms with Crippen molar-refractivity contribution in [3.8, 4) is 17.3 Å². The molecular formula is C15H16ClN3. The summed E-state index contributed by atoms with van der Waals surface area (Å²) < 4.78 is 1.72. The molecule has 3 nitrogen and oxygen atoms in total. The fourth-order valence-electron chi connectivity index (χ4n) is 1.87. The zero-order valence-corrected chi connectivity index (χ0v) is 11.9. The predicted octanol–water partition coefficient (Wildman–Crippen LogP) is 4.12. The van der Waals surface area contributed by atoms with Crippen molar-refractivity contribution >= 4 is 11.6 Å². The molecule has 2 aromatic rings. The van der Waals surface area contributed by atoms with E-state index in [9.17, 15) is 5.26 Å². The van der Waals surface area contributed by atoms with Gasteiger partial charge in [-0.25, -0.2) is 0 Å². The molecule has 19 heavy (non-hydrogen) atoms. The standard InChI is InChI=1S/C15H16ClN3/c1-11(2)8-9-19-15(16)13(10-17)14(18-19)12-6-4-3-5-7-12/h3-7,11H,8-9H2,1-2H3. The Morgan fingerprint density at radius 3 is 2.58 bits per heavy atom. The largest absolute Gasteiger partial charge is 0.252 e. The number of nitrogens with zero attached hydrogens (tertiary/aromatic N) is 3. The number of halogens is 1. The summed E-state index contributed by atoms with van der Waals surface area (Å²) in [5.41, 5.74) is 2.04. The highest BCUT2D eigenvalue weighted by atomic mass is 35.5. The molecule has 1 heterocycles. The minimum absolute atomic E-state index is 0.432. The Kier molecular flexibility index (Phi) is 4.24. The number of hydrogen-bond donors (Lipinski definition) is 0. The lowest BCUT2D eigenvalue weighted by atomic mass is 10.1. The molecule has 0 aliphatic rings. The summed E-state index contributed by atoms with van der Waals surface area (Å²) in [6.45, 7) is 5.04. The third-order valence-electron chi connectivity index (χ3n) is 2.97. The van der Waals surface area contributed by atoms with Crippen LogP contribution >= 0.6 is 11.6 Å². The number of hydrogen-bond acceptors (Lipinski definition) is 2. The van der Waals surface area contributed by atoms with Crippen LogP contribution in [0.5, 0.6) is 0 Å². The third-order valence-corrected chi connectivity index (χ3v) is 3.35. The summed E-state index contributed by atoms with van der Waals surface area (Å²) in [6.07, 6.45) is 0.987. The SMILES string of the molecule is CC(C)CCn1nc(-c2ccccc2)c(C#N)c1Cl. The van der Waals surface area contributed by atoms with Gasteiger partial charge in [0.05, 0.1) is 0 Å². The molecule has 0 N–H and O–H groups in total. The van der Waals surface area contributed by atoms with E-state index in [0.717, 1.165) is 18.5 Å². The van der Waals surface area contributed by atoms with Crippen LogP contribution < -0.4 is 0 Å². The van der Waals surface area contributed by atoms with E-state index in [-0.39, 0.29) is 0 Å².